The van der Waals surface area contributed by atoms with Crippen LogP contribution in [-0.4, -0.2) is 38.6 Å². The number of nitrogens with one attached hydrogen (secondary N) is 2. The summed E-state index contributed by atoms with van der Waals surface area (Å²) in [4.78, 5) is 16.9. The number of hydrogen-bond donors (Lipinski definition) is 5. The summed E-state index contributed by atoms with van der Waals surface area (Å²) in [6.07, 6.45) is 0.567. The van der Waals surface area contributed by atoms with Crippen LogP contribution in [0.5, 0.6) is 17.5 Å². The first kappa shape index (κ1) is 23.4. The molecule has 0 atom stereocenters. The number of phenols is 1. The van der Waals surface area contributed by atoms with Gasteiger partial charge in [0.2, 0.25) is 11.8 Å². The molecule has 1 heterocycles. The minimum atomic E-state index is -0.462. The Balaban J connectivity index is 1.92. The Morgan fingerprint density at radius 1 is 0.886 bits per heavy atom. The van der Waals surface area contributed by atoms with E-state index in [0.29, 0.717) is 17.8 Å². The van der Waals surface area contributed by atoms with Crippen LogP contribution in [0.15, 0.2) is 83.9 Å². The number of amides is 1. The summed E-state index contributed by atoms with van der Waals surface area (Å²) in [6.45, 7) is 1.95. The molecule has 4 aromatic rings. The van der Waals surface area contributed by atoms with Crippen molar-refractivity contribution in [3.8, 4) is 23.2 Å². The van der Waals surface area contributed by atoms with Crippen LogP contribution in [0.2, 0.25) is 0 Å². The molecule has 0 aliphatic heterocycles. The van der Waals surface area contributed by atoms with Crippen LogP contribution >= 0.6 is 0 Å². The highest BCUT2D eigenvalue weighted by atomic mass is 16.3. The van der Waals surface area contributed by atoms with Crippen LogP contribution in [0.1, 0.15) is 29.3 Å². The fourth-order valence-electron chi connectivity index (χ4n) is 3.79. The molecule has 0 radical (unpaired) electrons. The number of hydrogen-bond acceptors (Lipinski definition) is 6. The molecule has 8 heteroatoms. The molecule has 35 heavy (non-hydrogen) atoms. The van der Waals surface area contributed by atoms with E-state index in [2.05, 4.69) is 10.6 Å². The Hall–Kier alpha value is -4.72. The van der Waals surface area contributed by atoms with Crippen molar-refractivity contribution in [1.82, 2.24) is 9.88 Å². The van der Waals surface area contributed by atoms with E-state index >= 15 is 0 Å². The molecule has 0 spiro atoms. The number of phenolic OH excluding ortho intramolecular Hbond substituents is 1. The fraction of sp³-hybridized carbons (Fsp3) is 0.111. The molecule has 0 aliphatic rings. The Morgan fingerprint density at radius 3 is 2.17 bits per heavy atom. The van der Waals surface area contributed by atoms with Gasteiger partial charge in [-0.3, -0.25) is 4.79 Å². The van der Waals surface area contributed by atoms with Crippen molar-refractivity contribution in [2.45, 2.75) is 13.3 Å². The number of nitrogens with zero attached hydrogens (tertiary/aromatic N) is 2. The summed E-state index contributed by atoms with van der Waals surface area (Å²) in [5, 5.41) is 38.6. The third-order valence-electron chi connectivity index (χ3n) is 5.57. The lowest BCUT2D eigenvalue weighted by molar-refractivity contribution is 0.0960. The van der Waals surface area contributed by atoms with E-state index in [0.717, 1.165) is 5.56 Å². The lowest BCUT2D eigenvalue weighted by Crippen LogP contribution is -2.18. The number of anilines is 2. The average Bonchev–Trinajstić information content (AvgIpc) is 3.12. The lowest BCUT2D eigenvalue weighted by Gasteiger charge is -2.12. The standard InChI is InChI=1S/C27H26N4O4/c1-3-20(17-11-6-4-7-12-17)29-22-23(27(35)31(26(22)34)18-13-8-5-9-14-18)30-21-16-10-15-19(24(21)32)25(33)28-2/h4-16,30,32,34-35H,3H2,1-2H3,(H,28,33). The summed E-state index contributed by atoms with van der Waals surface area (Å²) in [5.74, 6) is -1.34. The van der Waals surface area contributed by atoms with E-state index in [9.17, 15) is 20.1 Å². The third kappa shape index (κ3) is 4.54. The largest absolute Gasteiger partial charge is 0.505 e. The molecule has 0 saturated carbocycles. The molecule has 4 rings (SSSR count). The SMILES string of the molecule is CCC(=Nc1c(Nc2cccc(C(=O)NC)c2O)c(O)n(-c2ccccc2)c1O)c1ccccc1. The van der Waals surface area contributed by atoms with Crippen LogP contribution < -0.4 is 10.6 Å². The molecular weight excluding hydrogens is 444 g/mol. The quantitative estimate of drug-likeness (QED) is 0.187. The summed E-state index contributed by atoms with van der Waals surface area (Å²) in [5.41, 5.74) is 2.49. The molecule has 0 fully saturated rings. The van der Waals surface area contributed by atoms with E-state index in [1.807, 2.05) is 43.3 Å². The monoisotopic (exact) mass is 470 g/mol. The zero-order chi connectivity index (χ0) is 24.9. The Labute approximate surface area is 202 Å². The molecule has 0 unspecified atom stereocenters. The first-order chi connectivity index (χ1) is 17.0. The predicted molar refractivity (Wildman–Crippen MR) is 137 cm³/mol. The predicted octanol–water partition coefficient (Wildman–Crippen LogP) is 5.23. The Bertz CT molecular complexity index is 1380. The zero-order valence-corrected chi connectivity index (χ0v) is 19.4. The third-order valence-corrected chi connectivity index (χ3v) is 5.57. The normalized spacial score (nSPS) is 11.3. The van der Waals surface area contributed by atoms with Gasteiger partial charge < -0.3 is 26.0 Å². The van der Waals surface area contributed by atoms with Gasteiger partial charge in [-0.15, -0.1) is 0 Å². The second-order valence-corrected chi connectivity index (χ2v) is 7.73. The smallest absolute Gasteiger partial charge is 0.254 e. The molecular formula is C27H26N4O4. The number of aromatic hydroxyl groups is 3. The molecule has 0 bridgehead atoms. The summed E-state index contributed by atoms with van der Waals surface area (Å²) in [7, 11) is 1.47. The van der Waals surface area contributed by atoms with Crippen LogP contribution in [0, 0.1) is 0 Å². The Morgan fingerprint density at radius 2 is 1.54 bits per heavy atom. The van der Waals surface area contributed by atoms with E-state index < -0.39 is 5.91 Å². The van der Waals surface area contributed by atoms with Crippen molar-refractivity contribution in [1.29, 1.82) is 0 Å². The molecule has 1 aromatic heterocycles. The molecule has 1 amide bonds. The van der Waals surface area contributed by atoms with Crippen molar-refractivity contribution >= 4 is 28.7 Å². The number of para-hydroxylation sites is 2. The maximum Gasteiger partial charge on any atom is 0.254 e. The summed E-state index contributed by atoms with van der Waals surface area (Å²) in [6, 6.07) is 23.0. The molecule has 178 valence electrons. The van der Waals surface area contributed by atoms with Gasteiger partial charge in [-0.1, -0.05) is 61.5 Å². The van der Waals surface area contributed by atoms with Gasteiger partial charge in [-0.05, 0) is 36.2 Å². The highest BCUT2D eigenvalue weighted by Crippen LogP contribution is 2.49. The lowest BCUT2D eigenvalue weighted by atomic mass is 10.1. The number of aliphatic imine (C=N–C) groups is 1. The number of benzene rings is 3. The molecule has 5 N–H and O–H groups in total. The zero-order valence-electron chi connectivity index (χ0n) is 19.4. The number of aromatic nitrogens is 1. The first-order valence-corrected chi connectivity index (χ1v) is 11.1. The van der Waals surface area contributed by atoms with E-state index in [4.69, 9.17) is 4.99 Å². The highest BCUT2D eigenvalue weighted by molar-refractivity contribution is 6.04. The van der Waals surface area contributed by atoms with Gasteiger partial charge in [-0.2, -0.15) is 0 Å². The molecule has 3 aromatic carbocycles. The van der Waals surface area contributed by atoms with Gasteiger partial charge in [0.25, 0.3) is 5.91 Å². The van der Waals surface area contributed by atoms with Crippen LogP contribution in [-0.2, 0) is 0 Å². The minimum Gasteiger partial charge on any atom is -0.505 e. The number of rotatable bonds is 7. The van der Waals surface area contributed by atoms with E-state index in [-0.39, 0.29) is 40.1 Å². The molecule has 0 saturated heterocycles. The van der Waals surface area contributed by atoms with Crippen LogP contribution in [0.25, 0.3) is 5.69 Å². The van der Waals surface area contributed by atoms with Crippen LogP contribution in [0.4, 0.5) is 17.1 Å². The second kappa shape index (κ2) is 10.0. The maximum absolute atomic E-state index is 12.1. The average molecular weight is 471 g/mol. The molecule has 8 nitrogen and oxygen atoms in total. The van der Waals surface area contributed by atoms with Crippen molar-refractivity contribution in [2.24, 2.45) is 4.99 Å². The topological polar surface area (TPSA) is 119 Å². The second-order valence-electron chi connectivity index (χ2n) is 7.73. The number of carbonyl (C=O) groups is 1. The van der Waals surface area contributed by atoms with Crippen LogP contribution in [0.3, 0.4) is 0 Å². The van der Waals surface area contributed by atoms with E-state index in [1.54, 1.807) is 36.4 Å². The van der Waals surface area contributed by atoms with Crippen molar-refractivity contribution < 1.29 is 20.1 Å². The highest BCUT2D eigenvalue weighted by Gasteiger charge is 2.25. The first-order valence-electron chi connectivity index (χ1n) is 11.1. The van der Waals surface area contributed by atoms with Gasteiger partial charge in [0.05, 0.1) is 16.9 Å². The minimum absolute atomic E-state index is 0.0623. The Kier molecular flexibility index (Phi) is 6.73. The number of carbonyl (C=O) groups excluding carboxylic acids is 1. The van der Waals surface area contributed by atoms with Gasteiger partial charge in [0.1, 0.15) is 5.69 Å². The van der Waals surface area contributed by atoms with Gasteiger partial charge in [0.15, 0.2) is 11.4 Å². The fourth-order valence-corrected chi connectivity index (χ4v) is 3.79. The molecule has 0 aliphatic carbocycles. The van der Waals surface area contributed by atoms with E-state index in [1.165, 1.54) is 17.7 Å². The maximum atomic E-state index is 12.1. The van der Waals surface area contributed by atoms with Gasteiger partial charge in [0, 0.05) is 12.8 Å². The van der Waals surface area contributed by atoms with Crippen molar-refractivity contribution in [2.75, 3.05) is 12.4 Å². The summed E-state index contributed by atoms with van der Waals surface area (Å²) < 4.78 is 1.26. The van der Waals surface area contributed by atoms with Crippen molar-refractivity contribution in [3.05, 3.63) is 90.0 Å². The van der Waals surface area contributed by atoms with Crippen molar-refractivity contribution in [3.63, 3.8) is 0 Å². The van der Waals surface area contributed by atoms with Gasteiger partial charge >= 0.3 is 0 Å². The summed E-state index contributed by atoms with van der Waals surface area (Å²) >= 11 is 0. The van der Waals surface area contributed by atoms with Gasteiger partial charge in [-0.25, -0.2) is 9.56 Å².